The molecule has 150 valence electrons. The van der Waals surface area contributed by atoms with E-state index < -0.39 is 6.61 Å². The van der Waals surface area contributed by atoms with Gasteiger partial charge in [-0.3, -0.25) is 4.79 Å². The van der Waals surface area contributed by atoms with E-state index in [0.29, 0.717) is 11.3 Å². The van der Waals surface area contributed by atoms with Crippen molar-refractivity contribution in [2.45, 2.75) is 20.1 Å². The van der Waals surface area contributed by atoms with E-state index in [4.69, 9.17) is 4.74 Å². The summed E-state index contributed by atoms with van der Waals surface area (Å²) in [5, 5.41) is 2.83. The Morgan fingerprint density at radius 2 is 1.93 bits per heavy atom. The second kappa shape index (κ2) is 9.85. The van der Waals surface area contributed by atoms with Gasteiger partial charge >= 0.3 is 6.61 Å². The van der Waals surface area contributed by atoms with E-state index >= 15 is 0 Å². The summed E-state index contributed by atoms with van der Waals surface area (Å²) < 4.78 is 34.2. The second-order valence-electron chi connectivity index (χ2n) is 6.56. The first-order valence-electron chi connectivity index (χ1n) is 8.64. The summed E-state index contributed by atoms with van der Waals surface area (Å²) in [6.07, 6.45) is 2.94. The molecule has 0 unspecified atom stereocenters. The largest absolute Gasteiger partial charge is 0.493 e. The maximum atomic E-state index is 12.4. The first kappa shape index (κ1) is 21.4. The number of alkyl halides is 2. The highest BCUT2D eigenvalue weighted by Crippen LogP contribution is 2.29. The van der Waals surface area contributed by atoms with Gasteiger partial charge in [0.25, 0.3) is 0 Å². The van der Waals surface area contributed by atoms with Gasteiger partial charge < -0.3 is 19.7 Å². The molecule has 0 atom stereocenters. The summed E-state index contributed by atoms with van der Waals surface area (Å²) in [6.45, 7) is -0.194. The van der Waals surface area contributed by atoms with Crippen LogP contribution < -0.4 is 14.8 Å². The molecular weight excluding hydrogens is 366 g/mol. The lowest BCUT2D eigenvalue weighted by Gasteiger charge is -2.12. The van der Waals surface area contributed by atoms with Gasteiger partial charge in [-0.05, 0) is 68.1 Å². The summed E-state index contributed by atoms with van der Waals surface area (Å²) in [6, 6.07) is 10.3. The zero-order valence-corrected chi connectivity index (χ0v) is 16.3. The van der Waals surface area contributed by atoms with Crippen LogP contribution in [0.1, 0.15) is 16.7 Å². The third kappa shape index (κ3) is 6.66. The third-order valence-electron chi connectivity index (χ3n) is 3.73. The van der Waals surface area contributed by atoms with Gasteiger partial charge in [0.1, 0.15) is 0 Å². The van der Waals surface area contributed by atoms with E-state index in [1.54, 1.807) is 12.1 Å². The van der Waals surface area contributed by atoms with E-state index in [9.17, 15) is 13.6 Å². The Bertz CT molecular complexity index is 852. The van der Waals surface area contributed by atoms with Crippen LogP contribution in [0.3, 0.4) is 0 Å². The molecule has 0 saturated heterocycles. The van der Waals surface area contributed by atoms with Gasteiger partial charge in [0.2, 0.25) is 5.91 Å². The first-order chi connectivity index (χ1) is 13.3. The highest BCUT2D eigenvalue weighted by Gasteiger charge is 2.10. The molecule has 28 heavy (non-hydrogen) atoms. The zero-order valence-electron chi connectivity index (χ0n) is 16.3. The molecule has 0 aliphatic carbocycles. The maximum absolute atomic E-state index is 12.4. The summed E-state index contributed by atoms with van der Waals surface area (Å²) >= 11 is 0. The van der Waals surface area contributed by atoms with Crippen LogP contribution in [0.15, 0.2) is 42.5 Å². The van der Waals surface area contributed by atoms with E-state index in [2.05, 4.69) is 21.0 Å². The number of hydrogen-bond acceptors (Lipinski definition) is 4. The highest BCUT2D eigenvalue weighted by molar-refractivity contribution is 6.02. The Balaban J connectivity index is 2.08. The van der Waals surface area contributed by atoms with E-state index in [1.165, 1.54) is 25.3 Å². The van der Waals surface area contributed by atoms with Crippen molar-refractivity contribution >= 4 is 17.7 Å². The van der Waals surface area contributed by atoms with Crippen molar-refractivity contribution in [1.82, 2.24) is 4.90 Å². The lowest BCUT2D eigenvalue weighted by atomic mass is 10.1. The number of carbonyl (C=O) groups excluding carboxylic acids is 1. The van der Waals surface area contributed by atoms with Crippen LogP contribution in [0.2, 0.25) is 0 Å². The molecule has 2 rings (SSSR count). The third-order valence-corrected chi connectivity index (χ3v) is 3.73. The smallest absolute Gasteiger partial charge is 0.387 e. The maximum Gasteiger partial charge on any atom is 0.387 e. The lowest BCUT2D eigenvalue weighted by Crippen LogP contribution is -2.12. The number of aryl methyl sites for hydroxylation is 1. The van der Waals surface area contributed by atoms with E-state index in [1.807, 2.05) is 33.2 Å². The summed E-state index contributed by atoms with van der Waals surface area (Å²) in [7, 11) is 5.32. The number of rotatable bonds is 8. The Morgan fingerprint density at radius 3 is 2.57 bits per heavy atom. The Kier molecular flexibility index (Phi) is 7.52. The zero-order chi connectivity index (χ0) is 20.7. The fourth-order valence-corrected chi connectivity index (χ4v) is 2.73. The molecule has 1 N–H and O–H groups in total. The number of halogens is 2. The SMILES string of the molecule is COc1cc(/C=C/C(=O)Nc2cc(C)cc(CN(C)C)c2)ccc1OC(F)F. The van der Waals surface area contributed by atoms with Crippen molar-refractivity contribution in [1.29, 1.82) is 0 Å². The van der Waals surface area contributed by atoms with Crippen LogP contribution >= 0.6 is 0 Å². The minimum absolute atomic E-state index is 0.0627. The Morgan fingerprint density at radius 1 is 1.18 bits per heavy atom. The molecule has 0 fully saturated rings. The van der Waals surface area contributed by atoms with Crippen LogP contribution in [0.25, 0.3) is 6.08 Å². The molecule has 0 radical (unpaired) electrons. The quantitative estimate of drug-likeness (QED) is 0.682. The monoisotopic (exact) mass is 390 g/mol. The van der Waals surface area contributed by atoms with Crippen LogP contribution in [0.4, 0.5) is 14.5 Å². The van der Waals surface area contributed by atoms with Crippen LogP contribution in [0.5, 0.6) is 11.5 Å². The fraction of sp³-hybridized carbons (Fsp3) is 0.286. The van der Waals surface area contributed by atoms with Crippen molar-refractivity contribution in [2.24, 2.45) is 0 Å². The molecule has 1 amide bonds. The number of methoxy groups -OCH3 is 1. The van der Waals surface area contributed by atoms with Crippen molar-refractivity contribution in [2.75, 3.05) is 26.5 Å². The average Bonchev–Trinajstić information content (AvgIpc) is 2.59. The van der Waals surface area contributed by atoms with Crippen LogP contribution in [-0.2, 0) is 11.3 Å². The molecule has 0 heterocycles. The number of carbonyl (C=O) groups is 1. The van der Waals surface area contributed by atoms with E-state index in [-0.39, 0.29) is 17.4 Å². The number of nitrogens with zero attached hydrogens (tertiary/aromatic N) is 1. The lowest BCUT2D eigenvalue weighted by molar-refractivity contribution is -0.111. The molecule has 0 bridgehead atoms. The number of amides is 1. The van der Waals surface area contributed by atoms with Gasteiger partial charge in [-0.1, -0.05) is 12.1 Å². The number of nitrogens with one attached hydrogen (secondary N) is 1. The van der Waals surface area contributed by atoms with Gasteiger partial charge in [-0.25, -0.2) is 0 Å². The normalized spacial score (nSPS) is 11.3. The van der Waals surface area contributed by atoms with E-state index in [0.717, 1.165) is 17.7 Å². The van der Waals surface area contributed by atoms with Crippen molar-refractivity contribution < 1.29 is 23.0 Å². The average molecular weight is 390 g/mol. The summed E-state index contributed by atoms with van der Waals surface area (Å²) in [5.74, 6) is -0.199. The minimum Gasteiger partial charge on any atom is -0.493 e. The molecule has 7 heteroatoms. The number of anilines is 1. The molecule has 0 aliphatic heterocycles. The number of ether oxygens (including phenoxy) is 2. The van der Waals surface area contributed by atoms with Crippen LogP contribution in [-0.4, -0.2) is 38.6 Å². The Hall–Kier alpha value is -2.93. The molecule has 2 aromatic rings. The van der Waals surface area contributed by atoms with Gasteiger partial charge in [0.15, 0.2) is 11.5 Å². The minimum atomic E-state index is -2.94. The summed E-state index contributed by atoms with van der Waals surface area (Å²) in [5.41, 5.74) is 3.48. The predicted octanol–water partition coefficient (Wildman–Crippen LogP) is 4.32. The van der Waals surface area contributed by atoms with Crippen molar-refractivity contribution in [3.8, 4) is 11.5 Å². The van der Waals surface area contributed by atoms with Gasteiger partial charge in [0, 0.05) is 18.3 Å². The standard InChI is InChI=1S/C21H24F2N2O3/c1-14-9-16(13-25(2)3)11-17(10-14)24-20(26)8-6-15-5-7-18(28-21(22)23)19(12-15)27-4/h5-12,21H,13H2,1-4H3,(H,24,26)/b8-6+. The highest BCUT2D eigenvalue weighted by atomic mass is 19.3. The molecule has 0 saturated carbocycles. The molecule has 0 spiro atoms. The number of benzene rings is 2. The fourth-order valence-electron chi connectivity index (χ4n) is 2.73. The molecular formula is C21H24F2N2O3. The second-order valence-corrected chi connectivity index (χ2v) is 6.56. The van der Waals surface area contributed by atoms with Gasteiger partial charge in [0.05, 0.1) is 7.11 Å². The molecule has 0 aliphatic rings. The molecule has 0 aromatic heterocycles. The topological polar surface area (TPSA) is 50.8 Å². The molecule has 2 aromatic carbocycles. The van der Waals surface area contributed by atoms with Crippen molar-refractivity contribution in [3.05, 3.63) is 59.2 Å². The number of hydrogen-bond donors (Lipinski definition) is 1. The van der Waals surface area contributed by atoms with Crippen molar-refractivity contribution in [3.63, 3.8) is 0 Å². The summed E-state index contributed by atoms with van der Waals surface area (Å²) in [4.78, 5) is 14.3. The van der Waals surface area contributed by atoms with Crippen LogP contribution in [0, 0.1) is 6.92 Å². The Labute approximate surface area is 163 Å². The van der Waals surface area contributed by atoms with Gasteiger partial charge in [-0.2, -0.15) is 8.78 Å². The first-order valence-corrected chi connectivity index (χ1v) is 8.64. The predicted molar refractivity (Wildman–Crippen MR) is 106 cm³/mol. The molecule has 5 nitrogen and oxygen atoms in total. The van der Waals surface area contributed by atoms with Gasteiger partial charge in [-0.15, -0.1) is 0 Å².